The molecule has 5 nitrogen and oxygen atoms in total. The summed E-state index contributed by atoms with van der Waals surface area (Å²) in [4.78, 5) is 13.0. The summed E-state index contributed by atoms with van der Waals surface area (Å²) in [7, 11) is 1.83. The van der Waals surface area contributed by atoms with Crippen LogP contribution in [-0.2, 0) is 19.0 Å². The fourth-order valence-corrected chi connectivity index (χ4v) is 4.27. The Morgan fingerprint density at radius 1 is 1.22 bits per heavy atom. The van der Waals surface area contributed by atoms with Crippen molar-refractivity contribution in [2.45, 2.75) is 65.1 Å². The van der Waals surface area contributed by atoms with E-state index < -0.39 is 5.60 Å². The number of esters is 1. The monoisotopic (exact) mass is 373 g/mol. The first kappa shape index (κ1) is 19.9. The van der Waals surface area contributed by atoms with E-state index >= 15 is 0 Å². The van der Waals surface area contributed by atoms with Gasteiger partial charge in [0.1, 0.15) is 12.3 Å². The van der Waals surface area contributed by atoms with E-state index in [1.807, 2.05) is 20.9 Å². The van der Waals surface area contributed by atoms with E-state index in [2.05, 4.69) is 31.3 Å². The van der Waals surface area contributed by atoms with Crippen molar-refractivity contribution in [3.8, 4) is 0 Å². The summed E-state index contributed by atoms with van der Waals surface area (Å²) in [5.74, 6) is 0.377. The second kappa shape index (κ2) is 8.03. The molecular weight excluding hydrogens is 342 g/mol. The van der Waals surface area contributed by atoms with Crippen LogP contribution in [0.3, 0.4) is 0 Å². The molecule has 3 rings (SSSR count). The number of carbonyl (C=O) groups excluding carboxylic acids is 1. The number of nitrogens with one attached hydrogen (secondary N) is 1. The number of rotatable bonds is 6. The van der Waals surface area contributed by atoms with Crippen LogP contribution in [0.4, 0.5) is 0 Å². The molecule has 1 aliphatic carbocycles. The van der Waals surface area contributed by atoms with Gasteiger partial charge in [0.15, 0.2) is 11.4 Å². The van der Waals surface area contributed by atoms with Crippen molar-refractivity contribution in [3.05, 3.63) is 40.1 Å². The minimum absolute atomic E-state index is 0.0879. The van der Waals surface area contributed by atoms with Crippen molar-refractivity contribution >= 4 is 11.5 Å². The second-order valence-corrected chi connectivity index (χ2v) is 7.66. The van der Waals surface area contributed by atoms with Gasteiger partial charge in [0.25, 0.3) is 0 Å². The first-order chi connectivity index (χ1) is 12.9. The number of carbonyl (C=O) groups is 1. The Bertz CT molecular complexity index is 753. The molecule has 2 aliphatic rings. The molecule has 1 aromatic carbocycles. The summed E-state index contributed by atoms with van der Waals surface area (Å²) in [6, 6.07) is 4.20. The zero-order valence-electron chi connectivity index (χ0n) is 17.1. The Hall–Kier alpha value is -1.85. The molecule has 1 spiro atoms. The van der Waals surface area contributed by atoms with Gasteiger partial charge in [-0.2, -0.15) is 0 Å². The fourth-order valence-electron chi connectivity index (χ4n) is 4.27. The standard InChI is InChI=1S/C22H31NO4/c1-6-25-17-8-7-9-22(12-17)20(26-13-23-5)19(21(24)27-22)18-11-15(3)14(2)10-16(18)4/h10-11,17,23H,6-9,12-13H2,1-5H3. The van der Waals surface area contributed by atoms with Crippen molar-refractivity contribution in [2.24, 2.45) is 0 Å². The van der Waals surface area contributed by atoms with Crippen LogP contribution in [0.15, 0.2) is 17.9 Å². The molecule has 148 valence electrons. The third-order valence-electron chi connectivity index (χ3n) is 5.67. The van der Waals surface area contributed by atoms with Crippen molar-refractivity contribution in [1.29, 1.82) is 0 Å². The maximum atomic E-state index is 13.0. The van der Waals surface area contributed by atoms with Crippen molar-refractivity contribution in [1.82, 2.24) is 5.32 Å². The zero-order valence-corrected chi connectivity index (χ0v) is 17.1. The third kappa shape index (κ3) is 3.76. The average molecular weight is 373 g/mol. The molecule has 2 unspecified atom stereocenters. The van der Waals surface area contributed by atoms with Crippen LogP contribution < -0.4 is 5.32 Å². The molecule has 0 bridgehead atoms. The maximum Gasteiger partial charge on any atom is 0.343 e. The van der Waals surface area contributed by atoms with E-state index in [1.165, 1.54) is 5.56 Å². The summed E-state index contributed by atoms with van der Waals surface area (Å²) in [5, 5.41) is 3.02. The van der Waals surface area contributed by atoms with Gasteiger partial charge in [0.2, 0.25) is 0 Å². The first-order valence-electron chi connectivity index (χ1n) is 9.87. The molecule has 1 fully saturated rings. The maximum absolute atomic E-state index is 13.0. The summed E-state index contributed by atoms with van der Waals surface area (Å²) in [6.45, 7) is 9.18. The van der Waals surface area contributed by atoms with E-state index in [0.29, 0.717) is 31.1 Å². The Morgan fingerprint density at radius 3 is 2.67 bits per heavy atom. The van der Waals surface area contributed by atoms with E-state index in [-0.39, 0.29) is 12.1 Å². The number of hydrogen-bond acceptors (Lipinski definition) is 5. The van der Waals surface area contributed by atoms with Crippen LogP contribution in [0, 0.1) is 20.8 Å². The van der Waals surface area contributed by atoms with Gasteiger partial charge < -0.3 is 14.2 Å². The number of hydrogen-bond donors (Lipinski definition) is 1. The van der Waals surface area contributed by atoms with Crippen molar-refractivity contribution in [2.75, 3.05) is 20.4 Å². The lowest BCUT2D eigenvalue weighted by atomic mass is 9.80. The molecule has 0 aromatic heterocycles. The van der Waals surface area contributed by atoms with Crippen LogP contribution in [0.5, 0.6) is 0 Å². The van der Waals surface area contributed by atoms with Crippen molar-refractivity contribution < 1.29 is 19.0 Å². The fraction of sp³-hybridized carbons (Fsp3) is 0.591. The average Bonchev–Trinajstić information content (AvgIpc) is 2.87. The van der Waals surface area contributed by atoms with Crippen LogP contribution in [0.1, 0.15) is 54.9 Å². The van der Waals surface area contributed by atoms with Crippen LogP contribution in [0.25, 0.3) is 5.57 Å². The van der Waals surface area contributed by atoms with Crippen LogP contribution in [0.2, 0.25) is 0 Å². The third-order valence-corrected chi connectivity index (χ3v) is 5.67. The zero-order chi connectivity index (χ0) is 19.6. The van der Waals surface area contributed by atoms with Crippen molar-refractivity contribution in [3.63, 3.8) is 0 Å². The van der Waals surface area contributed by atoms with Gasteiger partial charge in [-0.15, -0.1) is 0 Å². The van der Waals surface area contributed by atoms with E-state index in [4.69, 9.17) is 14.2 Å². The lowest BCUT2D eigenvalue weighted by Gasteiger charge is -2.37. The Morgan fingerprint density at radius 2 is 1.96 bits per heavy atom. The van der Waals surface area contributed by atoms with Gasteiger partial charge in [-0.05, 0) is 76.3 Å². The minimum Gasteiger partial charge on any atom is -0.478 e. The largest absolute Gasteiger partial charge is 0.478 e. The number of ether oxygens (including phenoxy) is 3. The van der Waals surface area contributed by atoms with Gasteiger partial charge in [-0.1, -0.05) is 12.1 Å². The van der Waals surface area contributed by atoms with Gasteiger partial charge in [0, 0.05) is 13.0 Å². The quantitative estimate of drug-likeness (QED) is 0.607. The number of aryl methyl sites for hydroxylation is 3. The number of benzene rings is 1. The highest BCUT2D eigenvalue weighted by Crippen LogP contribution is 2.48. The SMILES string of the molecule is CCOC1CCCC2(C1)OC(=O)C(c1cc(C)c(C)cc1C)=C2OCNC. The second-order valence-electron chi connectivity index (χ2n) is 7.66. The normalized spacial score (nSPS) is 25.2. The van der Waals surface area contributed by atoms with Crippen LogP contribution >= 0.6 is 0 Å². The molecule has 1 saturated carbocycles. The highest BCUT2D eigenvalue weighted by Gasteiger charge is 2.52. The molecule has 1 N–H and O–H groups in total. The molecule has 1 aliphatic heterocycles. The molecule has 27 heavy (non-hydrogen) atoms. The smallest absolute Gasteiger partial charge is 0.343 e. The lowest BCUT2D eigenvalue weighted by Crippen LogP contribution is -2.42. The molecule has 2 atom stereocenters. The van der Waals surface area contributed by atoms with Crippen LogP contribution in [-0.4, -0.2) is 38.1 Å². The molecule has 1 aromatic rings. The minimum atomic E-state index is -0.716. The van der Waals surface area contributed by atoms with Gasteiger partial charge in [-0.25, -0.2) is 4.79 Å². The highest BCUT2D eigenvalue weighted by molar-refractivity contribution is 6.20. The Kier molecular flexibility index (Phi) is 5.92. The summed E-state index contributed by atoms with van der Waals surface area (Å²) in [5.41, 5.74) is 4.19. The van der Waals surface area contributed by atoms with E-state index in [1.54, 1.807) is 0 Å². The molecular formula is C22H31NO4. The molecule has 0 amide bonds. The molecule has 0 saturated heterocycles. The van der Waals surface area contributed by atoms with E-state index in [0.717, 1.165) is 36.0 Å². The van der Waals surface area contributed by atoms with Gasteiger partial charge >= 0.3 is 5.97 Å². The van der Waals surface area contributed by atoms with Gasteiger partial charge in [-0.3, -0.25) is 5.32 Å². The topological polar surface area (TPSA) is 56.8 Å². The predicted molar refractivity (Wildman–Crippen MR) is 105 cm³/mol. The predicted octanol–water partition coefficient (Wildman–Crippen LogP) is 3.79. The molecule has 0 radical (unpaired) electrons. The Labute approximate surface area is 162 Å². The lowest BCUT2D eigenvalue weighted by molar-refractivity contribution is -0.155. The summed E-state index contributed by atoms with van der Waals surface area (Å²) in [6.07, 6.45) is 3.45. The molecule has 5 heteroatoms. The summed E-state index contributed by atoms with van der Waals surface area (Å²) >= 11 is 0. The van der Waals surface area contributed by atoms with Gasteiger partial charge in [0.05, 0.1) is 6.10 Å². The van der Waals surface area contributed by atoms with E-state index in [9.17, 15) is 4.79 Å². The first-order valence-corrected chi connectivity index (χ1v) is 9.87. The Balaban J connectivity index is 2.10. The molecule has 1 heterocycles. The summed E-state index contributed by atoms with van der Waals surface area (Å²) < 4.78 is 18.0. The highest BCUT2D eigenvalue weighted by atomic mass is 16.6.